The predicted octanol–water partition coefficient (Wildman–Crippen LogP) is 2.02. The molecule has 0 fully saturated rings. The van der Waals surface area contributed by atoms with Gasteiger partial charge in [-0.1, -0.05) is 29.8 Å². The molecule has 19 heavy (non-hydrogen) atoms. The molecule has 0 aromatic heterocycles. The van der Waals surface area contributed by atoms with Gasteiger partial charge < -0.3 is 14.6 Å². The summed E-state index contributed by atoms with van der Waals surface area (Å²) in [4.78, 5) is 10.9. The Morgan fingerprint density at radius 3 is 2.58 bits per heavy atom. The molecule has 1 aromatic rings. The van der Waals surface area contributed by atoms with Crippen LogP contribution in [0.4, 0.5) is 13.2 Å². The van der Waals surface area contributed by atoms with Crippen LogP contribution in [0.3, 0.4) is 0 Å². The minimum absolute atomic E-state index is 0.0974. The number of hydrogen-bond acceptors (Lipinski definition) is 3. The zero-order valence-corrected chi connectivity index (χ0v) is 10.3. The molecule has 0 aliphatic carbocycles. The van der Waals surface area contributed by atoms with Gasteiger partial charge in [0.15, 0.2) is 0 Å². The van der Waals surface area contributed by atoms with Crippen molar-refractivity contribution in [1.29, 1.82) is 0 Å². The van der Waals surface area contributed by atoms with Crippen molar-refractivity contribution in [2.24, 2.45) is 0 Å². The molecule has 0 radical (unpaired) electrons. The van der Waals surface area contributed by atoms with Crippen molar-refractivity contribution < 1.29 is 27.8 Å². The SMILES string of the molecule is Cc1cccc2c1OC(Cl)(C(F)(F)F)C(C(=O)[O-])=C2. The highest BCUT2D eigenvalue weighted by Gasteiger charge is 2.61. The van der Waals surface area contributed by atoms with Gasteiger partial charge in [-0.3, -0.25) is 0 Å². The second-order valence-electron chi connectivity index (χ2n) is 4.03. The van der Waals surface area contributed by atoms with Gasteiger partial charge in [0.1, 0.15) is 5.75 Å². The third-order valence-corrected chi connectivity index (χ3v) is 3.21. The topological polar surface area (TPSA) is 49.4 Å². The minimum Gasteiger partial charge on any atom is -0.545 e. The summed E-state index contributed by atoms with van der Waals surface area (Å²) < 4.78 is 43.7. The lowest BCUT2D eigenvalue weighted by molar-refractivity contribution is -0.303. The number of fused-ring (bicyclic) bond motifs is 1. The molecule has 0 amide bonds. The van der Waals surface area contributed by atoms with E-state index in [4.69, 9.17) is 16.3 Å². The number of para-hydroxylation sites is 1. The number of ether oxygens (including phenoxy) is 1. The van der Waals surface area contributed by atoms with Gasteiger partial charge in [-0.15, -0.1) is 0 Å². The fourth-order valence-corrected chi connectivity index (χ4v) is 1.98. The fourth-order valence-electron chi connectivity index (χ4n) is 1.77. The molecular formula is C12H7ClF3O3-. The van der Waals surface area contributed by atoms with Crippen LogP contribution in [0, 0.1) is 6.92 Å². The van der Waals surface area contributed by atoms with Crippen molar-refractivity contribution in [2.45, 2.75) is 18.2 Å². The summed E-state index contributed by atoms with van der Waals surface area (Å²) in [7, 11) is 0. The molecule has 1 unspecified atom stereocenters. The quantitative estimate of drug-likeness (QED) is 0.744. The smallest absolute Gasteiger partial charge is 0.448 e. The number of aliphatic carboxylic acids is 1. The Labute approximate surface area is 111 Å². The van der Waals surface area contributed by atoms with Gasteiger partial charge in [-0.2, -0.15) is 13.2 Å². The van der Waals surface area contributed by atoms with Crippen molar-refractivity contribution in [3.63, 3.8) is 0 Å². The zero-order chi connectivity index (χ0) is 14.4. The highest BCUT2D eigenvalue weighted by Crippen LogP contribution is 2.48. The lowest BCUT2D eigenvalue weighted by Crippen LogP contribution is -2.52. The van der Waals surface area contributed by atoms with E-state index in [0.717, 1.165) is 6.08 Å². The molecule has 1 aliphatic heterocycles. The van der Waals surface area contributed by atoms with Crippen LogP contribution in [0.25, 0.3) is 6.08 Å². The standard InChI is InChI=1S/C12H8ClF3O3/c1-6-3-2-4-7-5-8(10(17)18)11(13,12(14,15)16)19-9(6)7/h2-5H,1H3,(H,17,18)/p-1. The van der Waals surface area contributed by atoms with Crippen LogP contribution in [0.5, 0.6) is 5.75 Å². The molecule has 0 saturated carbocycles. The number of alkyl halides is 4. The first-order valence-electron chi connectivity index (χ1n) is 5.14. The number of aryl methyl sites for hydroxylation is 1. The van der Waals surface area contributed by atoms with Crippen LogP contribution in [-0.4, -0.2) is 17.2 Å². The summed E-state index contributed by atoms with van der Waals surface area (Å²) in [6.45, 7) is 1.53. The first-order valence-corrected chi connectivity index (χ1v) is 5.52. The zero-order valence-electron chi connectivity index (χ0n) is 9.55. The number of carboxylic acids is 1. The first kappa shape index (κ1) is 13.7. The maximum atomic E-state index is 13.0. The summed E-state index contributed by atoms with van der Waals surface area (Å²) in [6, 6.07) is 4.53. The van der Waals surface area contributed by atoms with Crippen LogP contribution in [-0.2, 0) is 4.79 Å². The van der Waals surface area contributed by atoms with Crippen LogP contribution in [0.1, 0.15) is 11.1 Å². The van der Waals surface area contributed by atoms with Gasteiger partial charge in [-0.25, -0.2) is 0 Å². The molecule has 0 saturated heterocycles. The second kappa shape index (κ2) is 4.16. The van der Waals surface area contributed by atoms with E-state index in [1.807, 2.05) is 0 Å². The van der Waals surface area contributed by atoms with Crippen LogP contribution < -0.4 is 9.84 Å². The van der Waals surface area contributed by atoms with E-state index in [-0.39, 0.29) is 11.3 Å². The number of carboxylic acid groups (broad SMARTS) is 1. The third-order valence-electron chi connectivity index (χ3n) is 2.72. The molecule has 1 aromatic carbocycles. The minimum atomic E-state index is -5.10. The molecule has 1 aliphatic rings. The molecule has 102 valence electrons. The van der Waals surface area contributed by atoms with Gasteiger partial charge >= 0.3 is 11.2 Å². The van der Waals surface area contributed by atoms with Gasteiger partial charge in [0.2, 0.25) is 0 Å². The van der Waals surface area contributed by atoms with E-state index in [9.17, 15) is 23.1 Å². The molecule has 1 atom stereocenters. The Bertz CT molecular complexity index is 580. The fraction of sp³-hybridized carbons (Fsp3) is 0.250. The number of carbonyl (C=O) groups is 1. The molecule has 2 rings (SSSR count). The van der Waals surface area contributed by atoms with Gasteiger partial charge in [-0.05, 0) is 18.6 Å². The Balaban J connectivity index is 2.69. The summed E-state index contributed by atoms with van der Waals surface area (Å²) in [6.07, 6.45) is -4.28. The van der Waals surface area contributed by atoms with Crippen LogP contribution in [0.15, 0.2) is 23.8 Å². The van der Waals surface area contributed by atoms with E-state index >= 15 is 0 Å². The predicted molar refractivity (Wildman–Crippen MR) is 59.4 cm³/mol. The van der Waals surface area contributed by atoms with E-state index in [1.165, 1.54) is 19.1 Å². The van der Waals surface area contributed by atoms with Crippen LogP contribution >= 0.6 is 11.6 Å². The monoisotopic (exact) mass is 291 g/mol. The van der Waals surface area contributed by atoms with E-state index in [0.29, 0.717) is 5.56 Å². The van der Waals surface area contributed by atoms with Gasteiger partial charge in [0.05, 0.1) is 5.97 Å². The molecule has 0 bridgehead atoms. The van der Waals surface area contributed by atoms with Crippen molar-refractivity contribution in [2.75, 3.05) is 0 Å². The summed E-state index contributed by atoms with van der Waals surface area (Å²) >= 11 is 5.38. The number of carbonyl (C=O) groups excluding carboxylic acids is 1. The number of halogens is 4. The Kier molecular flexibility index (Phi) is 3.01. The Morgan fingerprint density at radius 2 is 2.05 bits per heavy atom. The number of rotatable bonds is 1. The normalized spacial score (nSPS) is 22.3. The molecule has 1 heterocycles. The summed E-state index contributed by atoms with van der Waals surface area (Å²) in [5.41, 5.74) is -0.542. The average Bonchev–Trinajstić information content (AvgIpc) is 2.28. The molecule has 0 spiro atoms. The van der Waals surface area contributed by atoms with Gasteiger partial charge in [0, 0.05) is 11.1 Å². The largest absolute Gasteiger partial charge is 0.545 e. The lowest BCUT2D eigenvalue weighted by atomic mass is 9.99. The summed E-state index contributed by atoms with van der Waals surface area (Å²) in [5.74, 6) is -2.13. The second-order valence-corrected chi connectivity index (χ2v) is 4.57. The van der Waals surface area contributed by atoms with Gasteiger partial charge in [0.25, 0.3) is 0 Å². The molecule has 0 N–H and O–H groups in total. The van der Waals surface area contributed by atoms with Crippen molar-refractivity contribution in [3.05, 3.63) is 34.9 Å². The lowest BCUT2D eigenvalue weighted by Gasteiger charge is -2.36. The first-order chi connectivity index (χ1) is 8.67. The maximum absolute atomic E-state index is 13.0. The van der Waals surface area contributed by atoms with Crippen molar-refractivity contribution in [1.82, 2.24) is 0 Å². The highest BCUT2D eigenvalue weighted by atomic mass is 35.5. The molecular weight excluding hydrogens is 285 g/mol. The molecule has 7 heteroatoms. The maximum Gasteiger partial charge on any atom is 0.448 e. The third kappa shape index (κ3) is 2.06. The Morgan fingerprint density at radius 1 is 1.42 bits per heavy atom. The number of hydrogen-bond donors (Lipinski definition) is 0. The average molecular weight is 292 g/mol. The van der Waals surface area contributed by atoms with Crippen molar-refractivity contribution in [3.8, 4) is 5.75 Å². The van der Waals surface area contributed by atoms with Crippen LogP contribution in [0.2, 0.25) is 0 Å². The summed E-state index contributed by atoms with van der Waals surface area (Å²) in [5, 5.41) is 7.43. The molecule has 3 nitrogen and oxygen atoms in total. The van der Waals surface area contributed by atoms with Crippen molar-refractivity contribution >= 4 is 23.6 Å². The highest BCUT2D eigenvalue weighted by molar-refractivity contribution is 6.29. The van der Waals surface area contributed by atoms with E-state index < -0.39 is 22.8 Å². The van der Waals surface area contributed by atoms with E-state index in [2.05, 4.69) is 0 Å². The number of benzene rings is 1. The van der Waals surface area contributed by atoms with E-state index in [1.54, 1.807) is 6.07 Å². The Hall–Kier alpha value is -1.69.